The summed E-state index contributed by atoms with van der Waals surface area (Å²) < 4.78 is 4.97. The molecule has 0 aliphatic rings. The molecule has 0 unspecified atom stereocenters. The number of ether oxygens (including phenoxy) is 1. The van der Waals surface area contributed by atoms with Crippen molar-refractivity contribution < 1.29 is 14.3 Å². The monoisotopic (exact) mass is 277 g/mol. The standard InChI is InChI=1S/C9H12ClN3O3S/c1-2-16-6(14)4-3-5-11-7(15)8-12-13-9(10)17-8/h2-5H2,1H3,(H,11,15). The van der Waals surface area contributed by atoms with Crippen LogP contribution in [0.15, 0.2) is 0 Å². The Morgan fingerprint density at radius 1 is 1.47 bits per heavy atom. The van der Waals surface area contributed by atoms with Crippen molar-refractivity contribution in [1.82, 2.24) is 15.5 Å². The van der Waals surface area contributed by atoms with Crippen molar-refractivity contribution in [3.8, 4) is 0 Å². The third-order valence-electron chi connectivity index (χ3n) is 1.74. The SMILES string of the molecule is CCOC(=O)CCCNC(=O)c1nnc(Cl)s1. The van der Waals surface area contributed by atoms with Crippen LogP contribution in [0.5, 0.6) is 0 Å². The van der Waals surface area contributed by atoms with E-state index < -0.39 is 0 Å². The fourth-order valence-electron chi connectivity index (χ4n) is 1.04. The van der Waals surface area contributed by atoms with Gasteiger partial charge in [-0.1, -0.05) is 11.3 Å². The molecule has 17 heavy (non-hydrogen) atoms. The van der Waals surface area contributed by atoms with Gasteiger partial charge in [-0.2, -0.15) is 0 Å². The van der Waals surface area contributed by atoms with Gasteiger partial charge in [0.25, 0.3) is 5.91 Å². The molecule has 0 aliphatic carbocycles. The van der Waals surface area contributed by atoms with E-state index in [1.54, 1.807) is 6.92 Å². The summed E-state index contributed by atoms with van der Waals surface area (Å²) in [5.74, 6) is -0.598. The first-order valence-corrected chi connectivity index (χ1v) is 6.25. The zero-order valence-corrected chi connectivity index (χ0v) is 10.8. The van der Waals surface area contributed by atoms with E-state index in [1.165, 1.54) is 0 Å². The lowest BCUT2D eigenvalue weighted by Gasteiger charge is -2.02. The summed E-state index contributed by atoms with van der Waals surface area (Å²) in [7, 11) is 0. The molecule has 94 valence electrons. The van der Waals surface area contributed by atoms with Gasteiger partial charge in [0.2, 0.25) is 9.47 Å². The molecule has 0 bridgehead atoms. The highest BCUT2D eigenvalue weighted by Crippen LogP contribution is 2.14. The maximum atomic E-state index is 11.5. The summed E-state index contributed by atoms with van der Waals surface area (Å²) in [6.07, 6.45) is 0.808. The number of hydrogen-bond donors (Lipinski definition) is 1. The van der Waals surface area contributed by atoms with Gasteiger partial charge in [-0.15, -0.1) is 10.2 Å². The fraction of sp³-hybridized carbons (Fsp3) is 0.556. The molecule has 1 N–H and O–H groups in total. The van der Waals surface area contributed by atoms with Crippen LogP contribution < -0.4 is 5.32 Å². The number of halogens is 1. The van der Waals surface area contributed by atoms with E-state index in [0.29, 0.717) is 19.6 Å². The summed E-state index contributed by atoms with van der Waals surface area (Å²) in [5.41, 5.74) is 0. The number of aromatic nitrogens is 2. The van der Waals surface area contributed by atoms with E-state index in [0.717, 1.165) is 11.3 Å². The summed E-state index contributed by atoms with van der Waals surface area (Å²) in [6.45, 7) is 2.50. The predicted octanol–water partition coefficient (Wildman–Crippen LogP) is 1.26. The second kappa shape index (κ2) is 7.18. The van der Waals surface area contributed by atoms with Crippen molar-refractivity contribution in [1.29, 1.82) is 0 Å². The summed E-state index contributed by atoms with van der Waals surface area (Å²) >= 11 is 6.55. The van der Waals surface area contributed by atoms with Crippen LogP contribution >= 0.6 is 22.9 Å². The minimum atomic E-state index is -0.335. The van der Waals surface area contributed by atoms with Gasteiger partial charge in [-0.3, -0.25) is 9.59 Å². The third-order valence-corrected chi connectivity index (χ3v) is 2.76. The lowest BCUT2D eigenvalue weighted by atomic mass is 10.3. The zero-order valence-electron chi connectivity index (χ0n) is 9.23. The molecule has 0 fully saturated rings. The molecule has 1 aromatic heterocycles. The Morgan fingerprint density at radius 2 is 2.24 bits per heavy atom. The minimum absolute atomic E-state index is 0.214. The van der Waals surface area contributed by atoms with E-state index >= 15 is 0 Å². The van der Waals surface area contributed by atoms with Gasteiger partial charge in [0.15, 0.2) is 0 Å². The van der Waals surface area contributed by atoms with Crippen molar-refractivity contribution >= 4 is 34.8 Å². The van der Waals surface area contributed by atoms with Gasteiger partial charge in [-0.25, -0.2) is 0 Å². The molecular formula is C9H12ClN3O3S. The molecule has 8 heteroatoms. The van der Waals surface area contributed by atoms with Gasteiger partial charge >= 0.3 is 5.97 Å². The molecule has 1 heterocycles. The molecule has 0 radical (unpaired) electrons. The van der Waals surface area contributed by atoms with Crippen molar-refractivity contribution in [2.24, 2.45) is 0 Å². The number of rotatable bonds is 6. The van der Waals surface area contributed by atoms with Crippen molar-refractivity contribution in [2.75, 3.05) is 13.2 Å². The first-order valence-electron chi connectivity index (χ1n) is 5.06. The molecule has 1 aromatic rings. The molecule has 0 saturated heterocycles. The van der Waals surface area contributed by atoms with Crippen LogP contribution in [0.25, 0.3) is 0 Å². The Morgan fingerprint density at radius 3 is 2.82 bits per heavy atom. The van der Waals surface area contributed by atoms with Crippen LogP contribution in [0.4, 0.5) is 0 Å². The highest BCUT2D eigenvalue weighted by molar-refractivity contribution is 7.17. The molecule has 0 atom stereocenters. The Balaban J connectivity index is 2.19. The van der Waals surface area contributed by atoms with Crippen LogP contribution in [0, 0.1) is 0 Å². The maximum Gasteiger partial charge on any atom is 0.305 e. The Bertz CT molecular complexity index is 397. The van der Waals surface area contributed by atoms with Crippen LogP contribution in [0.1, 0.15) is 29.6 Å². The molecular weight excluding hydrogens is 266 g/mol. The number of nitrogens with zero attached hydrogens (tertiary/aromatic N) is 2. The normalized spacial score (nSPS) is 10.0. The molecule has 0 aliphatic heterocycles. The van der Waals surface area contributed by atoms with Crippen LogP contribution in [-0.4, -0.2) is 35.2 Å². The number of carbonyl (C=O) groups is 2. The Hall–Kier alpha value is -1.21. The lowest BCUT2D eigenvalue weighted by molar-refractivity contribution is -0.143. The van der Waals surface area contributed by atoms with Gasteiger partial charge in [0.05, 0.1) is 6.61 Å². The van der Waals surface area contributed by atoms with E-state index in [2.05, 4.69) is 15.5 Å². The summed E-state index contributed by atoms with van der Waals surface area (Å²) in [5, 5.41) is 9.94. The van der Waals surface area contributed by atoms with Gasteiger partial charge in [0, 0.05) is 13.0 Å². The predicted molar refractivity (Wildman–Crippen MR) is 63.1 cm³/mol. The highest BCUT2D eigenvalue weighted by atomic mass is 35.5. The number of nitrogens with one attached hydrogen (secondary N) is 1. The summed E-state index contributed by atoms with van der Waals surface area (Å²) in [4.78, 5) is 22.4. The minimum Gasteiger partial charge on any atom is -0.466 e. The quantitative estimate of drug-likeness (QED) is 0.625. The fourth-order valence-corrected chi connectivity index (χ4v) is 1.79. The van der Waals surface area contributed by atoms with Gasteiger partial charge < -0.3 is 10.1 Å². The Labute approximate surface area is 107 Å². The van der Waals surface area contributed by atoms with Gasteiger partial charge in [-0.05, 0) is 24.9 Å². The zero-order chi connectivity index (χ0) is 12.7. The number of esters is 1. The topological polar surface area (TPSA) is 81.2 Å². The molecule has 0 aromatic carbocycles. The average molecular weight is 278 g/mol. The molecule has 6 nitrogen and oxygen atoms in total. The average Bonchev–Trinajstić information content (AvgIpc) is 2.71. The number of amides is 1. The first-order chi connectivity index (χ1) is 8.13. The first kappa shape index (κ1) is 13.9. The highest BCUT2D eigenvalue weighted by Gasteiger charge is 2.11. The molecule has 1 amide bonds. The summed E-state index contributed by atoms with van der Waals surface area (Å²) in [6, 6.07) is 0. The molecule has 0 saturated carbocycles. The maximum absolute atomic E-state index is 11.5. The third kappa shape index (κ3) is 5.10. The second-order valence-corrected chi connectivity index (χ2v) is 4.58. The Kier molecular flexibility index (Phi) is 5.85. The van der Waals surface area contributed by atoms with Gasteiger partial charge in [0.1, 0.15) is 0 Å². The lowest BCUT2D eigenvalue weighted by Crippen LogP contribution is -2.24. The van der Waals surface area contributed by atoms with E-state index in [-0.39, 0.29) is 27.8 Å². The van der Waals surface area contributed by atoms with Crippen molar-refractivity contribution in [3.63, 3.8) is 0 Å². The number of hydrogen-bond acceptors (Lipinski definition) is 6. The smallest absolute Gasteiger partial charge is 0.305 e. The van der Waals surface area contributed by atoms with Crippen LogP contribution in [0.3, 0.4) is 0 Å². The van der Waals surface area contributed by atoms with E-state index in [4.69, 9.17) is 16.3 Å². The molecule has 1 rings (SSSR count). The van der Waals surface area contributed by atoms with Crippen molar-refractivity contribution in [3.05, 3.63) is 9.47 Å². The van der Waals surface area contributed by atoms with E-state index in [9.17, 15) is 9.59 Å². The van der Waals surface area contributed by atoms with E-state index in [1.807, 2.05) is 0 Å². The molecule has 0 spiro atoms. The second-order valence-electron chi connectivity index (χ2n) is 3.02. The number of carbonyl (C=O) groups excluding carboxylic acids is 2. The van der Waals surface area contributed by atoms with Crippen molar-refractivity contribution in [2.45, 2.75) is 19.8 Å². The van der Waals surface area contributed by atoms with Crippen LogP contribution in [0.2, 0.25) is 4.47 Å². The van der Waals surface area contributed by atoms with Crippen LogP contribution in [-0.2, 0) is 9.53 Å². The largest absolute Gasteiger partial charge is 0.466 e.